The molecule has 0 atom stereocenters. The molecule has 0 saturated carbocycles. The van der Waals surface area contributed by atoms with E-state index in [0.29, 0.717) is 5.69 Å². The number of carbonyl (C=O) groups is 1. The highest BCUT2D eigenvalue weighted by Gasteiger charge is 2.10. The van der Waals surface area contributed by atoms with Crippen LogP contribution in [0.4, 0.5) is 11.4 Å². The van der Waals surface area contributed by atoms with Gasteiger partial charge < -0.3 is 10.2 Å². The van der Waals surface area contributed by atoms with Gasteiger partial charge in [-0.1, -0.05) is 19.1 Å². The van der Waals surface area contributed by atoms with Gasteiger partial charge in [0.15, 0.2) is 0 Å². The molecule has 1 N–H and O–H groups in total. The molecule has 116 valence electrons. The number of rotatable bonds is 6. The lowest BCUT2D eigenvalue weighted by Crippen LogP contribution is -2.23. The molecule has 0 fully saturated rings. The second-order valence-corrected chi connectivity index (χ2v) is 5.08. The first-order valence-corrected chi connectivity index (χ1v) is 7.79. The Labute approximate surface area is 132 Å². The third-order valence-electron chi connectivity index (χ3n) is 3.72. The Morgan fingerprint density at radius 1 is 1.09 bits per heavy atom. The Morgan fingerprint density at radius 2 is 1.77 bits per heavy atom. The van der Waals surface area contributed by atoms with E-state index < -0.39 is 0 Å². The summed E-state index contributed by atoms with van der Waals surface area (Å²) >= 11 is 0. The lowest BCUT2D eigenvalue weighted by atomic mass is 10.1. The quantitative estimate of drug-likeness (QED) is 0.883. The van der Waals surface area contributed by atoms with E-state index in [4.69, 9.17) is 0 Å². The van der Waals surface area contributed by atoms with Crippen LogP contribution in [0, 0.1) is 0 Å². The van der Waals surface area contributed by atoms with E-state index in [2.05, 4.69) is 36.0 Å². The molecule has 0 unspecified atom stereocenters. The molecule has 4 heteroatoms. The molecule has 2 rings (SSSR count). The summed E-state index contributed by atoms with van der Waals surface area (Å²) in [5.41, 5.74) is 3.49. The number of aromatic nitrogens is 1. The van der Waals surface area contributed by atoms with Gasteiger partial charge >= 0.3 is 0 Å². The highest BCUT2D eigenvalue weighted by Crippen LogP contribution is 2.16. The largest absolute Gasteiger partial charge is 0.372 e. The van der Waals surface area contributed by atoms with Crippen molar-refractivity contribution in [3.05, 3.63) is 53.9 Å². The lowest BCUT2D eigenvalue weighted by Gasteiger charge is -2.21. The third-order valence-corrected chi connectivity index (χ3v) is 3.72. The van der Waals surface area contributed by atoms with Gasteiger partial charge in [-0.2, -0.15) is 0 Å². The maximum Gasteiger partial charge on any atom is 0.274 e. The van der Waals surface area contributed by atoms with Crippen LogP contribution in [0.25, 0.3) is 0 Å². The number of nitrogens with zero attached hydrogens (tertiary/aromatic N) is 2. The Bertz CT molecular complexity index is 618. The highest BCUT2D eigenvalue weighted by molar-refractivity contribution is 6.03. The number of nitrogens with one attached hydrogen (secondary N) is 1. The number of hydrogen-bond donors (Lipinski definition) is 1. The maximum absolute atomic E-state index is 12.3. The monoisotopic (exact) mass is 297 g/mol. The Hall–Kier alpha value is -2.36. The van der Waals surface area contributed by atoms with Crippen molar-refractivity contribution in [2.45, 2.75) is 27.2 Å². The number of carbonyl (C=O) groups excluding carboxylic acids is 1. The number of pyridine rings is 1. The summed E-state index contributed by atoms with van der Waals surface area (Å²) in [5.74, 6) is -0.182. The molecule has 1 aromatic carbocycles. The molecule has 0 bridgehead atoms. The average molecular weight is 297 g/mol. The van der Waals surface area contributed by atoms with E-state index >= 15 is 0 Å². The highest BCUT2D eigenvalue weighted by atomic mass is 16.1. The minimum atomic E-state index is -0.182. The van der Waals surface area contributed by atoms with Gasteiger partial charge in [-0.05, 0) is 50.1 Å². The van der Waals surface area contributed by atoms with Gasteiger partial charge in [0, 0.05) is 30.7 Å². The first-order chi connectivity index (χ1) is 10.7. The van der Waals surface area contributed by atoms with Crippen molar-refractivity contribution >= 4 is 17.3 Å². The average Bonchev–Trinajstić information content (AvgIpc) is 2.57. The van der Waals surface area contributed by atoms with Gasteiger partial charge in [-0.25, -0.2) is 0 Å². The Morgan fingerprint density at radius 3 is 2.36 bits per heavy atom. The van der Waals surface area contributed by atoms with Crippen molar-refractivity contribution < 1.29 is 4.79 Å². The van der Waals surface area contributed by atoms with E-state index in [1.807, 2.05) is 36.4 Å². The van der Waals surface area contributed by atoms with E-state index in [1.165, 1.54) is 5.56 Å². The smallest absolute Gasteiger partial charge is 0.274 e. The van der Waals surface area contributed by atoms with Gasteiger partial charge in [0.05, 0.1) is 0 Å². The van der Waals surface area contributed by atoms with Gasteiger partial charge in [0.25, 0.3) is 5.91 Å². The van der Waals surface area contributed by atoms with Gasteiger partial charge in [-0.15, -0.1) is 0 Å². The van der Waals surface area contributed by atoms with Gasteiger partial charge in [0.1, 0.15) is 5.69 Å². The number of anilines is 2. The summed E-state index contributed by atoms with van der Waals surface area (Å²) in [6, 6.07) is 11.7. The van der Waals surface area contributed by atoms with Crippen LogP contribution >= 0.6 is 0 Å². The second-order valence-electron chi connectivity index (χ2n) is 5.08. The lowest BCUT2D eigenvalue weighted by molar-refractivity contribution is 0.102. The number of amides is 1. The predicted octanol–water partition coefficient (Wildman–Crippen LogP) is 3.74. The zero-order valence-electron chi connectivity index (χ0n) is 13.5. The molecule has 4 nitrogen and oxygen atoms in total. The van der Waals surface area contributed by atoms with Crippen LogP contribution in [0.3, 0.4) is 0 Å². The molecule has 1 heterocycles. The van der Waals surface area contributed by atoms with Crippen molar-refractivity contribution in [3.63, 3.8) is 0 Å². The van der Waals surface area contributed by atoms with Crippen molar-refractivity contribution in [2.24, 2.45) is 0 Å². The number of aryl methyl sites for hydroxylation is 1. The third kappa shape index (κ3) is 3.85. The molecule has 0 spiro atoms. The molecule has 1 aromatic heterocycles. The number of benzene rings is 1. The molecular formula is C18H23N3O. The van der Waals surface area contributed by atoms with Crippen LogP contribution in [-0.2, 0) is 6.42 Å². The summed E-state index contributed by atoms with van der Waals surface area (Å²) in [7, 11) is 0. The minimum absolute atomic E-state index is 0.182. The van der Waals surface area contributed by atoms with Crippen molar-refractivity contribution in [2.75, 3.05) is 23.3 Å². The summed E-state index contributed by atoms with van der Waals surface area (Å²) in [6.45, 7) is 8.11. The van der Waals surface area contributed by atoms with Gasteiger partial charge in [0.2, 0.25) is 0 Å². The second kappa shape index (κ2) is 7.59. The van der Waals surface area contributed by atoms with Crippen LogP contribution in [0.15, 0.2) is 42.6 Å². The number of hydrogen-bond acceptors (Lipinski definition) is 3. The molecule has 0 aliphatic rings. The molecule has 0 aliphatic heterocycles. The van der Waals surface area contributed by atoms with Crippen LogP contribution in [0.5, 0.6) is 0 Å². The molecule has 22 heavy (non-hydrogen) atoms. The van der Waals surface area contributed by atoms with E-state index in [1.54, 1.807) is 6.20 Å². The topological polar surface area (TPSA) is 45.2 Å². The fraction of sp³-hybridized carbons (Fsp3) is 0.333. The standard InChI is InChI=1S/C18H23N3O/c1-4-14-7-9-15(10-8-14)20-18(22)17-13-16(11-12-19-17)21(5-2)6-3/h7-13H,4-6H2,1-3H3,(H,20,22). The Kier molecular flexibility index (Phi) is 5.53. The fourth-order valence-corrected chi connectivity index (χ4v) is 2.35. The van der Waals surface area contributed by atoms with E-state index in [-0.39, 0.29) is 5.91 Å². The van der Waals surface area contributed by atoms with Gasteiger partial charge in [-0.3, -0.25) is 9.78 Å². The minimum Gasteiger partial charge on any atom is -0.372 e. The Balaban J connectivity index is 2.13. The first kappa shape index (κ1) is 16.0. The van der Waals surface area contributed by atoms with Crippen molar-refractivity contribution in [3.8, 4) is 0 Å². The summed E-state index contributed by atoms with van der Waals surface area (Å²) in [5, 5.41) is 2.89. The molecule has 0 aliphatic carbocycles. The zero-order chi connectivity index (χ0) is 15.9. The van der Waals surface area contributed by atoms with Crippen molar-refractivity contribution in [1.82, 2.24) is 4.98 Å². The van der Waals surface area contributed by atoms with Crippen LogP contribution in [0.1, 0.15) is 36.8 Å². The predicted molar refractivity (Wildman–Crippen MR) is 91.6 cm³/mol. The normalized spacial score (nSPS) is 10.3. The summed E-state index contributed by atoms with van der Waals surface area (Å²) < 4.78 is 0. The van der Waals surface area contributed by atoms with Crippen molar-refractivity contribution in [1.29, 1.82) is 0 Å². The first-order valence-electron chi connectivity index (χ1n) is 7.79. The van der Waals surface area contributed by atoms with Crippen LogP contribution in [-0.4, -0.2) is 24.0 Å². The molecule has 1 amide bonds. The fourth-order valence-electron chi connectivity index (χ4n) is 2.35. The summed E-state index contributed by atoms with van der Waals surface area (Å²) in [6.07, 6.45) is 2.67. The van der Waals surface area contributed by atoms with E-state index in [0.717, 1.165) is 30.9 Å². The molecule has 0 saturated heterocycles. The molecule has 0 radical (unpaired) electrons. The van der Waals surface area contributed by atoms with Crippen LogP contribution in [0.2, 0.25) is 0 Å². The zero-order valence-corrected chi connectivity index (χ0v) is 13.5. The molecule has 2 aromatic rings. The SMILES string of the molecule is CCc1ccc(NC(=O)c2cc(N(CC)CC)ccn2)cc1. The maximum atomic E-state index is 12.3. The molecular weight excluding hydrogens is 274 g/mol. The van der Waals surface area contributed by atoms with E-state index in [9.17, 15) is 4.79 Å². The van der Waals surface area contributed by atoms with Crippen LogP contribution < -0.4 is 10.2 Å². The summed E-state index contributed by atoms with van der Waals surface area (Å²) in [4.78, 5) is 18.7.